The number of nitrogens with zero attached hydrogens (tertiary/aromatic N) is 6. The third-order valence-electron chi connectivity index (χ3n) is 10.9. The highest BCUT2D eigenvalue weighted by molar-refractivity contribution is 6.26. The first-order chi connectivity index (χ1) is 26.5. The molecule has 6 nitrogen and oxygen atoms in total. The van der Waals surface area contributed by atoms with E-state index < -0.39 is 0 Å². The Morgan fingerprint density at radius 2 is 0.648 bits per heavy atom. The molecule has 3 aliphatic rings. The van der Waals surface area contributed by atoms with E-state index in [1.165, 1.54) is 0 Å². The Hall–Kier alpha value is -8.52. The van der Waals surface area contributed by atoms with Crippen molar-refractivity contribution in [1.29, 1.82) is 21.0 Å². The molecule has 0 N–H and O–H groups in total. The number of nitriles is 4. The highest BCUT2D eigenvalue weighted by atomic mass is 14.7. The lowest BCUT2D eigenvalue weighted by atomic mass is 9.82. The molecular formula is C48H18N6. The summed E-state index contributed by atoms with van der Waals surface area (Å²) in [7, 11) is 0. The van der Waals surface area contributed by atoms with Crippen molar-refractivity contribution in [3.63, 3.8) is 0 Å². The molecule has 10 rings (SSSR count). The minimum Gasteiger partial charge on any atom is -0.226 e. The summed E-state index contributed by atoms with van der Waals surface area (Å²) in [5.41, 5.74) is 9.35. The SMILES string of the molecule is [C-]#[N+]/C(C#N)=C1/c2cc3ccccc3cc2-c2c3c(c4c(c21)-c1cc2ccccc2cc1/C4=C(/C#N)[N+]#[C-])-c1cc2ccccc2cc1C3=C(C#N)C#N. The summed E-state index contributed by atoms with van der Waals surface area (Å²) in [6.07, 6.45) is 0. The van der Waals surface area contributed by atoms with E-state index in [1.807, 2.05) is 91.0 Å². The van der Waals surface area contributed by atoms with Crippen molar-refractivity contribution in [1.82, 2.24) is 0 Å². The van der Waals surface area contributed by atoms with Gasteiger partial charge in [-0.1, -0.05) is 72.8 Å². The Kier molecular flexibility index (Phi) is 6.17. The second-order valence-corrected chi connectivity index (χ2v) is 13.4. The summed E-state index contributed by atoms with van der Waals surface area (Å²) in [5, 5.41) is 48.0. The smallest absolute Gasteiger partial charge is 0.226 e. The molecule has 0 radical (unpaired) electrons. The molecule has 0 atom stereocenters. The van der Waals surface area contributed by atoms with Crippen LogP contribution in [0.5, 0.6) is 0 Å². The molecule has 0 aromatic heterocycles. The van der Waals surface area contributed by atoms with Crippen LogP contribution in [-0.2, 0) is 0 Å². The van der Waals surface area contributed by atoms with Gasteiger partial charge in [0.25, 0.3) is 11.4 Å². The summed E-state index contributed by atoms with van der Waals surface area (Å²) in [5.74, 6) is 0. The minimum absolute atomic E-state index is 0.0876. The van der Waals surface area contributed by atoms with E-state index >= 15 is 0 Å². The molecule has 240 valence electrons. The zero-order valence-electron chi connectivity index (χ0n) is 28.1. The fraction of sp³-hybridized carbons (Fsp3) is 0. The van der Waals surface area contributed by atoms with Gasteiger partial charge in [-0.05, 0) is 130 Å². The molecular weight excluding hydrogens is 661 g/mol. The molecule has 54 heavy (non-hydrogen) atoms. The highest BCUT2D eigenvalue weighted by Gasteiger charge is 2.45. The molecule has 0 saturated carbocycles. The summed E-state index contributed by atoms with van der Waals surface area (Å²) in [6, 6.07) is 44.6. The predicted octanol–water partition coefficient (Wildman–Crippen LogP) is 11.3. The molecule has 0 spiro atoms. The van der Waals surface area contributed by atoms with Crippen LogP contribution in [0, 0.1) is 58.5 Å². The van der Waals surface area contributed by atoms with Crippen molar-refractivity contribution in [3.8, 4) is 57.7 Å². The molecule has 3 aliphatic carbocycles. The Labute approximate surface area is 309 Å². The van der Waals surface area contributed by atoms with E-state index in [0.717, 1.165) is 49.0 Å². The van der Waals surface area contributed by atoms with Gasteiger partial charge in [0.05, 0.1) is 25.3 Å². The molecule has 0 fully saturated rings. The van der Waals surface area contributed by atoms with Crippen LogP contribution in [0.3, 0.4) is 0 Å². The third-order valence-corrected chi connectivity index (χ3v) is 10.9. The van der Waals surface area contributed by atoms with Gasteiger partial charge in [-0.25, -0.2) is 20.2 Å². The first-order valence-corrected chi connectivity index (χ1v) is 17.0. The van der Waals surface area contributed by atoms with Crippen LogP contribution >= 0.6 is 0 Å². The van der Waals surface area contributed by atoms with Crippen molar-refractivity contribution in [2.45, 2.75) is 0 Å². The topological polar surface area (TPSA) is 104 Å². The van der Waals surface area contributed by atoms with E-state index in [-0.39, 0.29) is 17.0 Å². The van der Waals surface area contributed by atoms with Crippen LogP contribution in [0.15, 0.2) is 126 Å². The fourth-order valence-corrected chi connectivity index (χ4v) is 8.84. The molecule has 0 amide bonds. The van der Waals surface area contributed by atoms with Crippen molar-refractivity contribution in [3.05, 3.63) is 182 Å². The largest absolute Gasteiger partial charge is 0.270 e. The van der Waals surface area contributed by atoms with Gasteiger partial charge >= 0.3 is 0 Å². The van der Waals surface area contributed by atoms with Gasteiger partial charge in [0.2, 0.25) is 0 Å². The average molecular weight is 679 g/mol. The minimum atomic E-state index is -0.106. The Balaban J connectivity index is 1.55. The maximum absolute atomic E-state index is 10.6. The lowest BCUT2D eigenvalue weighted by molar-refractivity contribution is 1.46. The Bertz CT molecular complexity index is 2960. The van der Waals surface area contributed by atoms with Gasteiger partial charge in [-0.3, -0.25) is 0 Å². The molecule has 7 aromatic rings. The Morgan fingerprint density at radius 1 is 0.370 bits per heavy atom. The monoisotopic (exact) mass is 678 g/mol. The lowest BCUT2D eigenvalue weighted by Gasteiger charge is -2.19. The number of hydrogen-bond acceptors (Lipinski definition) is 4. The van der Waals surface area contributed by atoms with Crippen molar-refractivity contribution in [2.75, 3.05) is 0 Å². The lowest BCUT2D eigenvalue weighted by Crippen LogP contribution is -1.99. The van der Waals surface area contributed by atoms with Crippen molar-refractivity contribution >= 4 is 49.0 Å². The molecule has 0 heterocycles. The van der Waals surface area contributed by atoms with Crippen LogP contribution in [0.2, 0.25) is 0 Å². The first-order valence-electron chi connectivity index (χ1n) is 17.0. The number of allylic oxidation sites excluding steroid dienone is 3. The zero-order valence-corrected chi connectivity index (χ0v) is 28.1. The van der Waals surface area contributed by atoms with Crippen LogP contribution < -0.4 is 0 Å². The quantitative estimate of drug-likeness (QED) is 0.118. The standard InChI is InChI=1S/C48H18N6/c1-53-38(23-51)41-33-16-26-10-4-7-13-29(26)19-36(33)44-46-40(31(21-49)22-50)32-15-25-9-3-6-12-28(25)18-35(32)43(46)47-42(39(24-52)54-2)34-17-27-11-5-8-14-30(27)20-37(34)45(47)48(41)44/h3-20H/b41-38-,42-39+. The van der Waals surface area contributed by atoms with Crippen LogP contribution in [-0.4, -0.2) is 0 Å². The molecule has 0 saturated heterocycles. The van der Waals surface area contributed by atoms with Crippen LogP contribution in [0.1, 0.15) is 33.4 Å². The number of fused-ring (bicyclic) bond motifs is 15. The molecule has 0 bridgehead atoms. The average Bonchev–Trinajstić information content (AvgIpc) is 3.82. The van der Waals surface area contributed by atoms with Crippen molar-refractivity contribution < 1.29 is 0 Å². The van der Waals surface area contributed by atoms with E-state index in [9.17, 15) is 21.0 Å². The number of benzene rings is 7. The van der Waals surface area contributed by atoms with Crippen LogP contribution in [0.25, 0.3) is 92.1 Å². The van der Waals surface area contributed by atoms with Gasteiger partial charge in [0.1, 0.15) is 17.7 Å². The van der Waals surface area contributed by atoms with Gasteiger partial charge in [-0.15, -0.1) is 0 Å². The Morgan fingerprint density at radius 3 is 0.926 bits per heavy atom. The zero-order chi connectivity index (χ0) is 36.8. The summed E-state index contributed by atoms with van der Waals surface area (Å²) in [4.78, 5) is 7.56. The van der Waals surface area contributed by atoms with Crippen molar-refractivity contribution in [2.24, 2.45) is 0 Å². The molecule has 0 unspecified atom stereocenters. The highest BCUT2D eigenvalue weighted by Crippen LogP contribution is 2.65. The third kappa shape index (κ3) is 3.76. The summed E-state index contributed by atoms with van der Waals surface area (Å²) < 4.78 is 0. The maximum atomic E-state index is 10.6. The van der Waals surface area contributed by atoms with E-state index in [2.05, 4.69) is 52.2 Å². The molecule has 6 heteroatoms. The van der Waals surface area contributed by atoms with Gasteiger partial charge < -0.3 is 0 Å². The van der Waals surface area contributed by atoms with E-state index in [0.29, 0.717) is 66.8 Å². The van der Waals surface area contributed by atoms with Gasteiger partial charge in [0.15, 0.2) is 0 Å². The van der Waals surface area contributed by atoms with E-state index in [4.69, 9.17) is 13.1 Å². The second-order valence-electron chi connectivity index (χ2n) is 13.4. The maximum Gasteiger partial charge on any atom is 0.270 e. The first kappa shape index (κ1) is 30.3. The molecule has 7 aromatic carbocycles. The summed E-state index contributed by atoms with van der Waals surface area (Å²) >= 11 is 0. The second kappa shape index (κ2) is 11.0. The summed E-state index contributed by atoms with van der Waals surface area (Å²) in [6.45, 7) is 16.5. The van der Waals surface area contributed by atoms with E-state index in [1.54, 1.807) is 0 Å². The number of rotatable bonds is 0. The predicted molar refractivity (Wildman–Crippen MR) is 209 cm³/mol. The fourth-order valence-electron chi connectivity index (χ4n) is 8.84. The number of hydrogen-bond donors (Lipinski definition) is 0. The van der Waals surface area contributed by atoms with Gasteiger partial charge in [0, 0.05) is 22.3 Å². The van der Waals surface area contributed by atoms with Crippen LogP contribution in [0.4, 0.5) is 0 Å². The molecule has 0 aliphatic heterocycles. The van der Waals surface area contributed by atoms with Gasteiger partial charge in [-0.2, -0.15) is 10.5 Å². The normalized spacial score (nSPS) is 14.2.